The lowest BCUT2D eigenvalue weighted by Gasteiger charge is -2.12. The minimum absolute atomic E-state index is 0.211. The molecule has 7 nitrogen and oxygen atoms in total. The van der Waals surface area contributed by atoms with Crippen molar-refractivity contribution >= 4 is 39.8 Å². The molecule has 0 fully saturated rings. The van der Waals surface area contributed by atoms with Crippen molar-refractivity contribution in [1.82, 2.24) is 10.2 Å². The van der Waals surface area contributed by atoms with Gasteiger partial charge in [-0.05, 0) is 18.2 Å². The number of hydrogen-bond acceptors (Lipinski definition) is 6. The number of benzene rings is 4. The van der Waals surface area contributed by atoms with Crippen LogP contribution in [0.5, 0.6) is 0 Å². The highest BCUT2D eigenvalue weighted by Gasteiger charge is 2.20. The number of nitrogens with one attached hydrogen (secondary N) is 2. The Balaban J connectivity index is 1.36. The molecular weight excluding hydrogens is 484 g/mol. The van der Waals surface area contributed by atoms with Crippen LogP contribution in [0.4, 0.5) is 10.8 Å². The molecule has 1 heterocycles. The van der Waals surface area contributed by atoms with Crippen LogP contribution in [0.2, 0.25) is 0 Å². The van der Waals surface area contributed by atoms with Crippen LogP contribution in [0, 0.1) is 0 Å². The Morgan fingerprint density at radius 2 is 1.14 bits per heavy atom. The maximum atomic E-state index is 13.2. The summed E-state index contributed by atoms with van der Waals surface area (Å²) >= 11 is 1.25. The van der Waals surface area contributed by atoms with E-state index >= 15 is 0 Å². The fourth-order valence-corrected chi connectivity index (χ4v) is 4.48. The molecule has 0 radical (unpaired) electrons. The maximum Gasteiger partial charge on any atom is 0.259 e. The highest BCUT2D eigenvalue weighted by atomic mass is 32.1. The largest absolute Gasteiger partial charge is 0.321 e. The summed E-state index contributed by atoms with van der Waals surface area (Å²) in [4.78, 5) is 39.4. The van der Waals surface area contributed by atoms with Gasteiger partial charge in [-0.3, -0.25) is 19.7 Å². The summed E-state index contributed by atoms with van der Waals surface area (Å²) in [5.74, 6) is -1.20. The van der Waals surface area contributed by atoms with E-state index in [1.807, 2.05) is 36.4 Å². The number of anilines is 2. The van der Waals surface area contributed by atoms with Crippen molar-refractivity contribution in [3.63, 3.8) is 0 Å². The van der Waals surface area contributed by atoms with Gasteiger partial charge in [0.05, 0.1) is 16.8 Å². The van der Waals surface area contributed by atoms with E-state index in [0.29, 0.717) is 21.4 Å². The van der Waals surface area contributed by atoms with Gasteiger partial charge in [0.1, 0.15) is 5.01 Å². The number of aromatic nitrogens is 2. The van der Waals surface area contributed by atoms with E-state index in [4.69, 9.17) is 0 Å². The van der Waals surface area contributed by atoms with Gasteiger partial charge in [0, 0.05) is 16.7 Å². The van der Waals surface area contributed by atoms with E-state index in [1.54, 1.807) is 72.8 Å². The van der Waals surface area contributed by atoms with Crippen molar-refractivity contribution in [2.75, 3.05) is 10.6 Å². The third kappa shape index (κ3) is 5.34. The third-order valence-electron chi connectivity index (χ3n) is 5.54. The van der Waals surface area contributed by atoms with E-state index in [1.165, 1.54) is 11.3 Å². The molecule has 0 atom stereocenters. The summed E-state index contributed by atoms with van der Waals surface area (Å²) in [7, 11) is 0. The van der Waals surface area contributed by atoms with E-state index in [9.17, 15) is 14.4 Å². The number of para-hydroxylation sites is 1. The smallest absolute Gasteiger partial charge is 0.259 e. The molecule has 0 bridgehead atoms. The van der Waals surface area contributed by atoms with Gasteiger partial charge >= 0.3 is 0 Å². The second-order valence-corrected chi connectivity index (χ2v) is 8.95. The lowest BCUT2D eigenvalue weighted by Crippen LogP contribution is -2.20. The number of amides is 2. The number of ketones is 1. The van der Waals surface area contributed by atoms with Crippen molar-refractivity contribution in [1.29, 1.82) is 0 Å². The van der Waals surface area contributed by atoms with E-state index in [2.05, 4.69) is 20.8 Å². The third-order valence-corrected chi connectivity index (χ3v) is 6.43. The topological polar surface area (TPSA) is 101 Å². The zero-order valence-electron chi connectivity index (χ0n) is 19.4. The molecule has 4 aromatic carbocycles. The van der Waals surface area contributed by atoms with E-state index in [-0.39, 0.29) is 22.5 Å². The summed E-state index contributed by atoms with van der Waals surface area (Å²) in [5.41, 5.74) is 2.42. The summed E-state index contributed by atoms with van der Waals surface area (Å²) in [6.45, 7) is 0. The zero-order valence-corrected chi connectivity index (χ0v) is 20.2. The number of hydrogen-bond donors (Lipinski definition) is 2. The molecule has 5 aromatic rings. The van der Waals surface area contributed by atoms with Crippen molar-refractivity contribution in [2.45, 2.75) is 0 Å². The Morgan fingerprint density at radius 1 is 0.568 bits per heavy atom. The number of rotatable bonds is 7. The summed E-state index contributed by atoms with van der Waals surface area (Å²) in [6, 6.07) is 31.5. The molecule has 0 aliphatic heterocycles. The molecule has 2 N–H and O–H groups in total. The molecule has 0 unspecified atom stereocenters. The fourth-order valence-electron chi connectivity index (χ4n) is 3.74. The average Bonchev–Trinajstić information content (AvgIpc) is 3.42. The minimum atomic E-state index is -0.498. The first kappa shape index (κ1) is 23.8. The van der Waals surface area contributed by atoms with Gasteiger partial charge in [-0.15, -0.1) is 10.2 Å². The molecule has 0 aliphatic carbocycles. The molecular formula is C29H20N4O3S. The summed E-state index contributed by atoms with van der Waals surface area (Å²) in [6.07, 6.45) is 0. The molecule has 0 saturated carbocycles. The monoisotopic (exact) mass is 504 g/mol. The summed E-state index contributed by atoms with van der Waals surface area (Å²) in [5, 5.41) is 14.8. The van der Waals surface area contributed by atoms with Gasteiger partial charge in [-0.25, -0.2) is 0 Å². The predicted octanol–water partition coefficient (Wildman–Crippen LogP) is 5.94. The van der Waals surface area contributed by atoms with Gasteiger partial charge < -0.3 is 5.32 Å². The van der Waals surface area contributed by atoms with Crippen LogP contribution in [0.1, 0.15) is 36.6 Å². The van der Waals surface area contributed by atoms with E-state index in [0.717, 1.165) is 5.56 Å². The van der Waals surface area contributed by atoms with Crippen molar-refractivity contribution in [2.24, 2.45) is 0 Å². The first-order valence-corrected chi connectivity index (χ1v) is 12.2. The minimum Gasteiger partial charge on any atom is -0.321 e. The SMILES string of the molecule is O=C(Nc1nnc(-c2ccccc2)s1)c1ccccc1NC(=O)c1ccccc1C(=O)c1ccccc1. The van der Waals surface area contributed by atoms with Gasteiger partial charge in [0.25, 0.3) is 11.8 Å². The number of carbonyl (C=O) groups excluding carboxylic acids is 3. The van der Waals surface area contributed by atoms with Crippen LogP contribution in [0.25, 0.3) is 10.6 Å². The Labute approximate surface area is 216 Å². The first-order chi connectivity index (χ1) is 18.1. The van der Waals surface area contributed by atoms with Crippen LogP contribution < -0.4 is 10.6 Å². The molecule has 0 spiro atoms. The first-order valence-electron chi connectivity index (χ1n) is 11.4. The molecule has 0 saturated heterocycles. The van der Waals surface area contributed by atoms with Gasteiger partial charge in [0.2, 0.25) is 5.13 Å². The Morgan fingerprint density at radius 3 is 1.86 bits per heavy atom. The average molecular weight is 505 g/mol. The Hall–Kier alpha value is -4.95. The Bertz CT molecular complexity index is 1580. The van der Waals surface area contributed by atoms with Gasteiger partial charge in [-0.1, -0.05) is 102 Å². The zero-order chi connectivity index (χ0) is 25.6. The van der Waals surface area contributed by atoms with Crippen molar-refractivity contribution < 1.29 is 14.4 Å². The quantitative estimate of drug-likeness (QED) is 0.267. The molecule has 2 amide bonds. The van der Waals surface area contributed by atoms with Crippen molar-refractivity contribution in [3.05, 3.63) is 131 Å². The van der Waals surface area contributed by atoms with Crippen molar-refractivity contribution in [3.8, 4) is 10.6 Å². The fraction of sp³-hybridized carbons (Fsp3) is 0. The summed E-state index contributed by atoms with van der Waals surface area (Å²) < 4.78 is 0. The highest BCUT2D eigenvalue weighted by Crippen LogP contribution is 2.27. The molecule has 5 rings (SSSR count). The molecule has 37 heavy (non-hydrogen) atoms. The Kier molecular flexibility index (Phi) is 6.91. The van der Waals surface area contributed by atoms with Crippen LogP contribution in [0.15, 0.2) is 109 Å². The van der Waals surface area contributed by atoms with Crippen LogP contribution in [-0.2, 0) is 0 Å². The molecule has 0 aliphatic rings. The van der Waals surface area contributed by atoms with Gasteiger partial charge in [0.15, 0.2) is 5.78 Å². The molecule has 8 heteroatoms. The lowest BCUT2D eigenvalue weighted by atomic mass is 9.98. The standard InChI is InChI=1S/C29H20N4O3S/c34-25(19-11-3-1-4-12-19)21-15-7-8-16-22(21)26(35)30-24-18-10-9-17-23(24)27(36)31-29-33-32-28(37-29)20-13-5-2-6-14-20/h1-18H,(H,30,35)(H,31,33,36). The lowest BCUT2D eigenvalue weighted by molar-refractivity contribution is 0.0995. The van der Waals surface area contributed by atoms with Gasteiger partial charge in [-0.2, -0.15) is 0 Å². The van der Waals surface area contributed by atoms with Crippen LogP contribution in [-0.4, -0.2) is 27.8 Å². The molecule has 180 valence electrons. The van der Waals surface area contributed by atoms with Crippen LogP contribution >= 0.6 is 11.3 Å². The maximum absolute atomic E-state index is 13.2. The molecule has 1 aromatic heterocycles. The van der Waals surface area contributed by atoms with Crippen LogP contribution in [0.3, 0.4) is 0 Å². The second-order valence-electron chi connectivity index (χ2n) is 7.97. The number of carbonyl (C=O) groups is 3. The highest BCUT2D eigenvalue weighted by molar-refractivity contribution is 7.18. The predicted molar refractivity (Wildman–Crippen MR) is 144 cm³/mol. The van der Waals surface area contributed by atoms with E-state index < -0.39 is 11.8 Å². The normalized spacial score (nSPS) is 10.5. The second kappa shape index (κ2) is 10.8. The number of nitrogens with zero attached hydrogens (tertiary/aromatic N) is 2.